The second-order valence-corrected chi connectivity index (χ2v) is 6.02. The molecule has 0 spiro atoms. The monoisotopic (exact) mass is 464 g/mol. The van der Waals surface area contributed by atoms with E-state index in [0.717, 1.165) is 57.3 Å². The van der Waals surface area contributed by atoms with E-state index in [1.807, 2.05) is 24.1 Å². The number of hydrogen-bond acceptors (Lipinski definition) is 4. The van der Waals surface area contributed by atoms with Crippen molar-refractivity contribution in [1.29, 1.82) is 0 Å². The summed E-state index contributed by atoms with van der Waals surface area (Å²) in [5, 5.41) is 7.67. The van der Waals surface area contributed by atoms with Gasteiger partial charge in [0.15, 0.2) is 5.96 Å². The van der Waals surface area contributed by atoms with Crippen LogP contribution in [0.1, 0.15) is 32.4 Å². The van der Waals surface area contributed by atoms with Gasteiger partial charge in [-0.25, -0.2) is 0 Å². The number of aliphatic imine (C=N–C) groups is 1. The third kappa shape index (κ3) is 6.74. The number of nitrogens with zero attached hydrogens (tertiary/aromatic N) is 5. The molecule has 1 saturated heterocycles. The van der Waals surface area contributed by atoms with Gasteiger partial charge < -0.3 is 19.9 Å². The summed E-state index contributed by atoms with van der Waals surface area (Å²) in [6.07, 6.45) is 3.97. The molecular weight excluding hydrogens is 431 g/mol. The summed E-state index contributed by atoms with van der Waals surface area (Å²) >= 11 is 0. The van der Waals surface area contributed by atoms with Gasteiger partial charge >= 0.3 is 0 Å². The quantitative estimate of drug-likeness (QED) is 0.379. The highest BCUT2D eigenvalue weighted by atomic mass is 127. The molecule has 0 aromatic carbocycles. The number of morpholine rings is 1. The van der Waals surface area contributed by atoms with Crippen molar-refractivity contribution in [3.8, 4) is 0 Å². The van der Waals surface area contributed by atoms with E-state index in [0.29, 0.717) is 6.61 Å². The number of aromatic nitrogens is 2. The smallest absolute Gasteiger partial charge is 0.194 e. The van der Waals surface area contributed by atoms with Crippen LogP contribution in [0.5, 0.6) is 0 Å². The molecule has 1 aliphatic heterocycles. The summed E-state index contributed by atoms with van der Waals surface area (Å²) in [6, 6.07) is 0. The van der Waals surface area contributed by atoms with Gasteiger partial charge in [0.25, 0.3) is 0 Å². The largest absolute Gasteiger partial charge is 0.370 e. The molecule has 0 saturated carbocycles. The zero-order valence-corrected chi connectivity index (χ0v) is 18.3. The lowest BCUT2D eigenvalue weighted by atomic mass is 10.1. The van der Waals surface area contributed by atoms with E-state index in [2.05, 4.69) is 41.0 Å². The maximum atomic E-state index is 5.93. The fraction of sp³-hybridized carbons (Fsp3) is 0.765. The van der Waals surface area contributed by atoms with Gasteiger partial charge in [0.1, 0.15) is 6.10 Å². The van der Waals surface area contributed by atoms with Crippen LogP contribution in [-0.2, 0) is 11.8 Å². The molecule has 0 aliphatic carbocycles. The van der Waals surface area contributed by atoms with E-state index < -0.39 is 0 Å². The Kier molecular flexibility index (Phi) is 10.4. The number of aryl methyl sites for hydroxylation is 1. The van der Waals surface area contributed by atoms with E-state index in [1.54, 1.807) is 0 Å². The average Bonchev–Trinajstić information content (AvgIpc) is 3.04. The van der Waals surface area contributed by atoms with Crippen molar-refractivity contribution in [3.05, 3.63) is 18.0 Å². The minimum atomic E-state index is 0. The van der Waals surface area contributed by atoms with Gasteiger partial charge in [0, 0.05) is 38.4 Å². The highest BCUT2D eigenvalue weighted by Gasteiger charge is 2.25. The molecule has 1 atom stereocenters. The standard InChI is InChI=1S/C17H32N6O.HI/c1-5-18-17(19-8-9-22(6-2)7-3)23-10-11-24-16(14-23)15-12-20-21(4)13-15;/h12-13,16H,5-11,14H2,1-4H3,(H,18,19);1H. The molecule has 0 bridgehead atoms. The number of halogens is 1. The number of hydrogen-bond donors (Lipinski definition) is 1. The first kappa shape index (κ1) is 22.2. The maximum absolute atomic E-state index is 5.93. The van der Waals surface area contributed by atoms with Gasteiger partial charge in [-0.05, 0) is 20.0 Å². The topological polar surface area (TPSA) is 57.9 Å². The molecule has 1 fully saturated rings. The number of likely N-dealkylation sites (N-methyl/N-ethyl adjacent to an activating group) is 1. The normalized spacial score (nSPS) is 18.4. The fourth-order valence-electron chi connectivity index (χ4n) is 2.91. The van der Waals surface area contributed by atoms with Crippen LogP contribution in [0.3, 0.4) is 0 Å². The molecular formula is C17H33IN6O. The molecule has 1 aliphatic rings. The number of nitrogens with one attached hydrogen (secondary N) is 1. The van der Waals surface area contributed by atoms with Crippen molar-refractivity contribution >= 4 is 29.9 Å². The predicted octanol–water partition coefficient (Wildman–Crippen LogP) is 1.72. The molecule has 2 rings (SSSR count). The summed E-state index contributed by atoms with van der Waals surface area (Å²) in [5.74, 6) is 0.988. The highest BCUT2D eigenvalue weighted by Crippen LogP contribution is 2.21. The molecule has 8 heteroatoms. The minimum absolute atomic E-state index is 0. The maximum Gasteiger partial charge on any atom is 0.194 e. The third-order valence-corrected chi connectivity index (χ3v) is 4.37. The Hall–Kier alpha value is -0.870. The number of rotatable bonds is 7. The second kappa shape index (κ2) is 11.7. The Balaban J connectivity index is 0.00000312. The van der Waals surface area contributed by atoms with E-state index in [-0.39, 0.29) is 30.1 Å². The Bertz CT molecular complexity index is 517. The summed E-state index contributed by atoms with van der Waals surface area (Å²) in [4.78, 5) is 9.51. The van der Waals surface area contributed by atoms with Crippen molar-refractivity contribution in [3.63, 3.8) is 0 Å². The summed E-state index contributed by atoms with van der Waals surface area (Å²) < 4.78 is 7.75. The van der Waals surface area contributed by atoms with Crippen molar-refractivity contribution in [2.75, 3.05) is 52.4 Å². The SMILES string of the molecule is CCNC(=NCCN(CC)CC)N1CCOC(c2cnn(C)c2)C1.I. The molecule has 0 amide bonds. The molecule has 144 valence electrons. The van der Waals surface area contributed by atoms with Crippen molar-refractivity contribution in [1.82, 2.24) is 24.9 Å². The van der Waals surface area contributed by atoms with Gasteiger partial charge in [-0.3, -0.25) is 9.67 Å². The minimum Gasteiger partial charge on any atom is -0.370 e. The van der Waals surface area contributed by atoms with Crippen LogP contribution in [-0.4, -0.2) is 78.0 Å². The van der Waals surface area contributed by atoms with E-state index in [4.69, 9.17) is 9.73 Å². The summed E-state index contributed by atoms with van der Waals surface area (Å²) in [7, 11) is 1.93. The number of ether oxygens (including phenoxy) is 1. The Labute approximate surface area is 168 Å². The van der Waals surface area contributed by atoms with Crippen LogP contribution in [0.2, 0.25) is 0 Å². The summed E-state index contributed by atoms with van der Waals surface area (Å²) in [6.45, 7) is 13.7. The van der Waals surface area contributed by atoms with E-state index in [9.17, 15) is 0 Å². The van der Waals surface area contributed by atoms with Crippen LogP contribution in [0.4, 0.5) is 0 Å². The van der Waals surface area contributed by atoms with E-state index in [1.165, 1.54) is 0 Å². The van der Waals surface area contributed by atoms with E-state index >= 15 is 0 Å². The lowest BCUT2D eigenvalue weighted by molar-refractivity contribution is -0.00805. The van der Waals surface area contributed by atoms with Crippen LogP contribution in [0.15, 0.2) is 17.4 Å². The molecule has 1 aromatic rings. The van der Waals surface area contributed by atoms with Gasteiger partial charge in [-0.1, -0.05) is 13.8 Å². The Morgan fingerprint density at radius 1 is 1.40 bits per heavy atom. The first-order chi connectivity index (χ1) is 11.7. The lowest BCUT2D eigenvalue weighted by Gasteiger charge is -2.35. The zero-order valence-electron chi connectivity index (χ0n) is 15.9. The molecule has 1 N–H and O–H groups in total. The highest BCUT2D eigenvalue weighted by molar-refractivity contribution is 14.0. The van der Waals surface area contributed by atoms with Crippen molar-refractivity contribution in [2.45, 2.75) is 26.9 Å². The average molecular weight is 464 g/mol. The fourth-order valence-corrected chi connectivity index (χ4v) is 2.91. The first-order valence-electron chi connectivity index (χ1n) is 9.03. The first-order valence-corrected chi connectivity index (χ1v) is 9.03. The second-order valence-electron chi connectivity index (χ2n) is 6.02. The molecule has 2 heterocycles. The van der Waals surface area contributed by atoms with Crippen LogP contribution in [0, 0.1) is 0 Å². The molecule has 7 nitrogen and oxygen atoms in total. The van der Waals surface area contributed by atoms with Crippen molar-refractivity contribution < 1.29 is 4.74 Å². The van der Waals surface area contributed by atoms with Gasteiger partial charge in [0.05, 0.1) is 25.9 Å². The molecule has 1 aromatic heterocycles. The van der Waals surface area contributed by atoms with Gasteiger partial charge in [0.2, 0.25) is 0 Å². The van der Waals surface area contributed by atoms with Crippen molar-refractivity contribution in [2.24, 2.45) is 12.0 Å². The third-order valence-electron chi connectivity index (χ3n) is 4.37. The Morgan fingerprint density at radius 2 is 2.16 bits per heavy atom. The van der Waals surface area contributed by atoms with Crippen LogP contribution < -0.4 is 5.32 Å². The van der Waals surface area contributed by atoms with Gasteiger partial charge in [-0.2, -0.15) is 5.10 Å². The molecule has 0 radical (unpaired) electrons. The molecule has 1 unspecified atom stereocenters. The summed E-state index contributed by atoms with van der Waals surface area (Å²) in [5.41, 5.74) is 1.13. The molecule has 25 heavy (non-hydrogen) atoms. The lowest BCUT2D eigenvalue weighted by Crippen LogP contribution is -2.48. The van der Waals surface area contributed by atoms with Crippen LogP contribution in [0.25, 0.3) is 0 Å². The van der Waals surface area contributed by atoms with Crippen LogP contribution >= 0.6 is 24.0 Å². The number of guanidine groups is 1. The predicted molar refractivity (Wildman–Crippen MR) is 113 cm³/mol. The van der Waals surface area contributed by atoms with Gasteiger partial charge in [-0.15, -0.1) is 24.0 Å². The Morgan fingerprint density at radius 3 is 2.76 bits per heavy atom. The zero-order chi connectivity index (χ0) is 17.4.